The number of thiophene rings is 1. The number of aryl methyl sites for hydroxylation is 1. The maximum atomic E-state index is 12.7. The highest BCUT2D eigenvalue weighted by molar-refractivity contribution is 7.99. The number of hydrogen-bond donors (Lipinski definition) is 0. The quantitative estimate of drug-likeness (QED) is 0.410. The number of rotatable bonds is 5. The fourth-order valence-electron chi connectivity index (χ4n) is 3.23. The molecule has 0 fully saturated rings. The molecule has 1 aromatic carbocycles. The van der Waals surface area contributed by atoms with E-state index in [-0.39, 0.29) is 5.91 Å². The number of carbonyl (C=O) groups is 1. The fraction of sp³-hybridized carbons (Fsp3) is 0.333. The fourth-order valence-corrected chi connectivity index (χ4v) is 5.03. The Bertz CT molecular complexity index is 1040. The highest BCUT2D eigenvalue weighted by Crippen LogP contribution is 2.44. The van der Waals surface area contributed by atoms with E-state index in [9.17, 15) is 4.79 Å². The summed E-state index contributed by atoms with van der Waals surface area (Å²) in [7, 11) is 0. The van der Waals surface area contributed by atoms with Gasteiger partial charge in [0.25, 0.3) is 0 Å². The van der Waals surface area contributed by atoms with Gasteiger partial charge in [-0.15, -0.1) is 21.5 Å². The maximum Gasteiger partial charge on any atom is 0.247 e. The van der Waals surface area contributed by atoms with Crippen molar-refractivity contribution in [2.24, 2.45) is 0 Å². The topological polar surface area (TPSA) is 68.2 Å². The van der Waals surface area contributed by atoms with Gasteiger partial charge in [-0.3, -0.25) is 9.69 Å². The second kappa shape index (κ2) is 8.51. The first kappa shape index (κ1) is 19.8. The third kappa shape index (κ3) is 3.86. The molecule has 1 aliphatic heterocycles. The number of anilines is 1. The number of nitrogens with zero attached hydrogens (tertiary/aromatic N) is 4. The molecule has 1 aliphatic rings. The number of hydrogen-bond acceptors (Lipinski definition) is 7. The van der Waals surface area contributed by atoms with E-state index in [0.717, 1.165) is 40.3 Å². The minimum Gasteiger partial charge on any atom is -0.446 e. The predicted octanol–water partition coefficient (Wildman–Crippen LogP) is 5.24. The van der Waals surface area contributed by atoms with Crippen LogP contribution in [0.1, 0.15) is 43.4 Å². The number of ether oxygens (including phenoxy) is 1. The monoisotopic (exact) mass is 426 g/mol. The van der Waals surface area contributed by atoms with Gasteiger partial charge in [0.15, 0.2) is 5.69 Å². The van der Waals surface area contributed by atoms with E-state index < -0.39 is 6.23 Å². The van der Waals surface area contributed by atoms with Crippen LogP contribution in [-0.2, 0) is 4.79 Å². The van der Waals surface area contributed by atoms with Gasteiger partial charge in [-0.2, -0.15) is 4.98 Å². The summed E-state index contributed by atoms with van der Waals surface area (Å²) in [6, 6.07) is 9.70. The van der Waals surface area contributed by atoms with E-state index >= 15 is 0 Å². The first-order valence-corrected chi connectivity index (χ1v) is 11.4. The van der Waals surface area contributed by atoms with Crippen LogP contribution in [-0.4, -0.2) is 26.8 Å². The lowest BCUT2D eigenvalue weighted by Crippen LogP contribution is -2.35. The van der Waals surface area contributed by atoms with Crippen molar-refractivity contribution in [2.45, 2.75) is 45.0 Å². The average molecular weight is 427 g/mol. The summed E-state index contributed by atoms with van der Waals surface area (Å²) in [5, 5.41) is 11.3. The van der Waals surface area contributed by atoms with Gasteiger partial charge in [0.05, 0.1) is 10.6 Å². The molecule has 0 aliphatic carbocycles. The third-order valence-electron chi connectivity index (χ3n) is 4.71. The lowest BCUT2D eigenvalue weighted by Gasteiger charge is -2.29. The summed E-state index contributed by atoms with van der Waals surface area (Å²) in [5.74, 6) is 1.24. The van der Waals surface area contributed by atoms with Gasteiger partial charge in [0.1, 0.15) is 0 Å². The van der Waals surface area contributed by atoms with Crippen molar-refractivity contribution in [3.8, 4) is 17.1 Å². The van der Waals surface area contributed by atoms with Crippen molar-refractivity contribution < 1.29 is 9.53 Å². The van der Waals surface area contributed by atoms with Crippen LogP contribution in [0.4, 0.5) is 5.69 Å². The first-order chi connectivity index (χ1) is 14.1. The Hall–Kier alpha value is -2.45. The van der Waals surface area contributed by atoms with E-state index in [4.69, 9.17) is 4.74 Å². The summed E-state index contributed by atoms with van der Waals surface area (Å²) in [5.41, 5.74) is 3.17. The molecule has 0 spiro atoms. The molecular formula is C21H22N4O2S2. The Morgan fingerprint density at radius 2 is 2.10 bits per heavy atom. The maximum absolute atomic E-state index is 12.7. The van der Waals surface area contributed by atoms with Gasteiger partial charge >= 0.3 is 0 Å². The molecule has 1 amide bonds. The van der Waals surface area contributed by atoms with Crippen LogP contribution in [0.2, 0.25) is 0 Å². The second-order valence-electron chi connectivity index (χ2n) is 6.79. The van der Waals surface area contributed by atoms with Crippen LogP contribution in [0, 0.1) is 6.92 Å². The minimum absolute atomic E-state index is 0.103. The molecule has 2 aromatic heterocycles. The van der Waals surface area contributed by atoms with Crippen LogP contribution in [0.5, 0.6) is 5.88 Å². The molecule has 29 heavy (non-hydrogen) atoms. The van der Waals surface area contributed by atoms with Crippen molar-refractivity contribution >= 4 is 34.7 Å². The minimum atomic E-state index is -0.597. The van der Waals surface area contributed by atoms with Crippen molar-refractivity contribution in [1.82, 2.24) is 15.2 Å². The van der Waals surface area contributed by atoms with Crippen LogP contribution < -0.4 is 9.64 Å². The van der Waals surface area contributed by atoms with Crippen molar-refractivity contribution in [3.05, 3.63) is 46.2 Å². The Kier molecular flexibility index (Phi) is 5.82. The number of amides is 1. The number of aromatic nitrogens is 3. The highest BCUT2D eigenvalue weighted by Gasteiger charge is 2.35. The Labute approximate surface area is 178 Å². The third-order valence-corrected chi connectivity index (χ3v) is 6.68. The number of unbranched alkanes of at least 4 members (excludes halogenated alkanes) is 1. The molecule has 6 nitrogen and oxygen atoms in total. The number of para-hydroxylation sites is 1. The molecule has 1 atom stereocenters. The standard InChI is InChI=1S/C21H22N4O2S2/c1-4-5-11-29-21-22-19-17(23-24-21)15-8-6-7-9-16(15)25(14(3)26)20(27-19)18-13(2)10-12-28-18/h6-10,12,20H,4-5,11H2,1-3H3/t20-/m0/s1. The van der Waals surface area contributed by atoms with Gasteiger partial charge in [-0.1, -0.05) is 43.3 Å². The van der Waals surface area contributed by atoms with E-state index in [1.165, 1.54) is 0 Å². The zero-order valence-corrected chi connectivity index (χ0v) is 18.2. The summed E-state index contributed by atoms with van der Waals surface area (Å²) in [6.07, 6.45) is 1.60. The average Bonchev–Trinajstić information content (AvgIpc) is 3.07. The van der Waals surface area contributed by atoms with E-state index in [1.54, 1.807) is 34.9 Å². The van der Waals surface area contributed by atoms with Gasteiger partial charge in [0.2, 0.25) is 23.2 Å². The molecule has 4 rings (SSSR count). The zero-order chi connectivity index (χ0) is 20.4. The molecule has 3 heterocycles. The Morgan fingerprint density at radius 1 is 1.28 bits per heavy atom. The molecule has 0 unspecified atom stereocenters. The molecule has 0 saturated heterocycles. The summed E-state index contributed by atoms with van der Waals surface area (Å²) >= 11 is 3.14. The van der Waals surface area contributed by atoms with Crippen LogP contribution in [0.25, 0.3) is 11.3 Å². The molecule has 8 heteroatoms. The summed E-state index contributed by atoms with van der Waals surface area (Å²) in [6.45, 7) is 5.73. The number of fused-ring (bicyclic) bond motifs is 3. The van der Waals surface area contributed by atoms with E-state index in [0.29, 0.717) is 16.7 Å². The van der Waals surface area contributed by atoms with Crippen LogP contribution in [0.15, 0.2) is 40.9 Å². The Morgan fingerprint density at radius 3 is 2.83 bits per heavy atom. The zero-order valence-electron chi connectivity index (χ0n) is 16.6. The number of carbonyl (C=O) groups excluding carboxylic acids is 1. The van der Waals surface area contributed by atoms with Gasteiger partial charge < -0.3 is 4.74 Å². The molecule has 150 valence electrons. The summed E-state index contributed by atoms with van der Waals surface area (Å²) in [4.78, 5) is 20.0. The van der Waals surface area contributed by atoms with Gasteiger partial charge in [0, 0.05) is 18.2 Å². The molecule has 0 N–H and O–H groups in total. The second-order valence-corrected chi connectivity index (χ2v) is 8.80. The van der Waals surface area contributed by atoms with Gasteiger partial charge in [-0.25, -0.2) is 0 Å². The number of thioether (sulfide) groups is 1. The van der Waals surface area contributed by atoms with E-state index in [1.807, 2.05) is 42.6 Å². The molecular weight excluding hydrogens is 404 g/mol. The number of benzene rings is 1. The molecule has 0 saturated carbocycles. The molecule has 0 bridgehead atoms. The van der Waals surface area contributed by atoms with Crippen LogP contribution >= 0.6 is 23.1 Å². The van der Waals surface area contributed by atoms with Crippen molar-refractivity contribution in [3.63, 3.8) is 0 Å². The predicted molar refractivity (Wildman–Crippen MR) is 116 cm³/mol. The Balaban J connectivity index is 1.86. The normalized spacial score (nSPS) is 15.3. The first-order valence-electron chi connectivity index (χ1n) is 9.57. The van der Waals surface area contributed by atoms with Crippen molar-refractivity contribution in [2.75, 3.05) is 10.7 Å². The highest BCUT2D eigenvalue weighted by atomic mass is 32.2. The molecule has 0 radical (unpaired) electrons. The van der Waals surface area contributed by atoms with E-state index in [2.05, 4.69) is 22.1 Å². The summed E-state index contributed by atoms with van der Waals surface area (Å²) < 4.78 is 6.37. The largest absolute Gasteiger partial charge is 0.446 e. The lowest BCUT2D eigenvalue weighted by molar-refractivity contribution is -0.118. The molecule has 3 aromatic rings. The smallest absolute Gasteiger partial charge is 0.247 e. The lowest BCUT2D eigenvalue weighted by atomic mass is 10.1. The van der Waals surface area contributed by atoms with Crippen molar-refractivity contribution in [1.29, 1.82) is 0 Å². The van der Waals surface area contributed by atoms with Crippen LogP contribution in [0.3, 0.4) is 0 Å². The SMILES string of the molecule is CCCCSc1nnc2c(n1)O[C@@H](c1sccc1C)N(C(C)=O)c1ccccc1-2. The van der Waals surface area contributed by atoms with Gasteiger partial charge in [-0.05, 0) is 36.4 Å².